The number of benzene rings is 2. The molecule has 0 unspecified atom stereocenters. The lowest BCUT2D eigenvalue weighted by atomic mass is 10.1. The van der Waals surface area contributed by atoms with Crippen LogP contribution in [-0.2, 0) is 0 Å². The monoisotopic (exact) mass is 524 g/mol. The van der Waals surface area contributed by atoms with E-state index in [1.54, 1.807) is 55.5 Å². The van der Waals surface area contributed by atoms with Gasteiger partial charge in [-0.3, -0.25) is 9.59 Å². The number of aromatic nitrogens is 1. The van der Waals surface area contributed by atoms with Crippen LogP contribution in [0.15, 0.2) is 54.7 Å². The number of pyridine rings is 1. The Bertz CT molecular complexity index is 1270. The normalized spacial score (nSPS) is 10.4. The number of hydrogen-bond acceptors (Lipinski definition) is 6. The van der Waals surface area contributed by atoms with Gasteiger partial charge in [0.05, 0.1) is 34.1 Å². The maximum absolute atomic E-state index is 13.4. The number of nitrogens with two attached hydrogens (primary N) is 1. The lowest BCUT2D eigenvalue weighted by Gasteiger charge is -2.17. The Labute approximate surface area is 219 Å². The van der Waals surface area contributed by atoms with Gasteiger partial charge in [-0.15, -0.1) is 0 Å². The number of amides is 4. The number of para-hydroxylation sites is 1. The third-order valence-corrected chi connectivity index (χ3v) is 5.30. The highest BCUT2D eigenvalue weighted by molar-refractivity contribution is 6.30. The molecule has 4 amide bonds. The number of halogens is 1. The van der Waals surface area contributed by atoms with Crippen molar-refractivity contribution in [1.29, 1.82) is 0 Å². The maximum atomic E-state index is 13.4. The summed E-state index contributed by atoms with van der Waals surface area (Å²) in [5.41, 5.74) is 7.44. The lowest BCUT2D eigenvalue weighted by Crippen LogP contribution is -2.28. The van der Waals surface area contributed by atoms with Gasteiger partial charge in [-0.2, -0.15) is 0 Å². The SMILES string of the molecule is CCNC(=O)Nc1cccc(C(=O)Nc2ccc(C)cc2C(=O)Nc2ccc(Cl)cn2)c1OCCCN. The Morgan fingerprint density at radius 3 is 2.46 bits per heavy atom. The first-order valence-electron chi connectivity index (χ1n) is 11.7. The van der Waals surface area contributed by atoms with Crippen LogP contribution in [0, 0.1) is 6.92 Å². The Balaban J connectivity index is 1.90. The van der Waals surface area contributed by atoms with Crippen LogP contribution in [0.5, 0.6) is 5.75 Å². The molecule has 0 radical (unpaired) electrons. The average Bonchev–Trinajstić information content (AvgIpc) is 2.87. The molecular weight excluding hydrogens is 496 g/mol. The number of ether oxygens (including phenoxy) is 1. The fourth-order valence-corrected chi connectivity index (χ4v) is 3.44. The van der Waals surface area contributed by atoms with Crippen molar-refractivity contribution in [3.8, 4) is 5.75 Å². The summed E-state index contributed by atoms with van der Waals surface area (Å²) in [5, 5.41) is 11.3. The van der Waals surface area contributed by atoms with E-state index in [-0.39, 0.29) is 29.2 Å². The Kier molecular flexibility index (Phi) is 9.82. The van der Waals surface area contributed by atoms with Crippen molar-refractivity contribution in [3.63, 3.8) is 0 Å². The molecule has 11 heteroatoms. The molecule has 0 atom stereocenters. The van der Waals surface area contributed by atoms with Gasteiger partial charge in [-0.25, -0.2) is 9.78 Å². The van der Waals surface area contributed by atoms with Gasteiger partial charge >= 0.3 is 6.03 Å². The third-order valence-electron chi connectivity index (χ3n) is 5.08. The second kappa shape index (κ2) is 13.2. The van der Waals surface area contributed by atoms with Crippen molar-refractivity contribution < 1.29 is 19.1 Å². The van der Waals surface area contributed by atoms with Crippen molar-refractivity contribution >= 4 is 46.6 Å². The summed E-state index contributed by atoms with van der Waals surface area (Å²) in [6.45, 7) is 4.71. The molecule has 37 heavy (non-hydrogen) atoms. The minimum Gasteiger partial charge on any atom is -0.491 e. The lowest BCUT2D eigenvalue weighted by molar-refractivity contribution is 0.102. The fraction of sp³-hybridized carbons (Fsp3) is 0.231. The largest absolute Gasteiger partial charge is 0.491 e. The Morgan fingerprint density at radius 1 is 0.973 bits per heavy atom. The summed E-state index contributed by atoms with van der Waals surface area (Å²) >= 11 is 5.87. The van der Waals surface area contributed by atoms with Crippen LogP contribution in [0.4, 0.5) is 22.0 Å². The summed E-state index contributed by atoms with van der Waals surface area (Å²) in [4.78, 5) is 42.6. The number of aryl methyl sites for hydroxylation is 1. The molecule has 10 nitrogen and oxygen atoms in total. The van der Waals surface area contributed by atoms with Crippen LogP contribution in [0.25, 0.3) is 0 Å². The smallest absolute Gasteiger partial charge is 0.319 e. The summed E-state index contributed by atoms with van der Waals surface area (Å²) in [5.74, 6) is -0.471. The Hall–Kier alpha value is -4.15. The first kappa shape index (κ1) is 27.4. The topological polar surface area (TPSA) is 147 Å². The number of carbonyl (C=O) groups excluding carboxylic acids is 3. The van der Waals surface area contributed by atoms with Crippen LogP contribution in [-0.4, -0.2) is 42.5 Å². The van der Waals surface area contributed by atoms with Gasteiger partial charge in [-0.05, 0) is 63.2 Å². The van der Waals surface area contributed by atoms with Crippen molar-refractivity contribution in [2.75, 3.05) is 35.6 Å². The highest BCUT2D eigenvalue weighted by Gasteiger charge is 2.21. The van der Waals surface area contributed by atoms with E-state index in [1.807, 2.05) is 6.92 Å². The van der Waals surface area contributed by atoms with Crippen molar-refractivity contribution in [2.45, 2.75) is 20.3 Å². The van der Waals surface area contributed by atoms with E-state index >= 15 is 0 Å². The van der Waals surface area contributed by atoms with Gasteiger partial charge in [0.2, 0.25) is 0 Å². The van der Waals surface area contributed by atoms with E-state index in [0.717, 1.165) is 5.56 Å². The maximum Gasteiger partial charge on any atom is 0.319 e. The highest BCUT2D eigenvalue weighted by atomic mass is 35.5. The van der Waals surface area contributed by atoms with Crippen LogP contribution in [0.3, 0.4) is 0 Å². The molecule has 0 spiro atoms. The standard InChI is InChI=1S/C26H29ClN6O4/c1-3-29-26(36)32-21-7-4-6-18(23(21)37-13-5-12-28)24(34)31-20-10-8-16(2)14-19(20)25(35)33-22-11-9-17(27)15-30-22/h4,6-11,14-15H,3,5,12-13,28H2,1-2H3,(H,31,34)(H2,29,32,36)(H,30,33,35). The van der Waals surface area contributed by atoms with E-state index < -0.39 is 17.8 Å². The van der Waals surface area contributed by atoms with Gasteiger partial charge in [-0.1, -0.05) is 29.3 Å². The molecule has 1 aromatic heterocycles. The van der Waals surface area contributed by atoms with Crippen molar-refractivity contribution in [2.24, 2.45) is 5.73 Å². The number of urea groups is 1. The number of hydrogen-bond donors (Lipinski definition) is 5. The van der Waals surface area contributed by atoms with Gasteiger partial charge in [0.1, 0.15) is 5.82 Å². The van der Waals surface area contributed by atoms with Gasteiger partial charge < -0.3 is 31.7 Å². The fourth-order valence-electron chi connectivity index (χ4n) is 3.33. The first-order chi connectivity index (χ1) is 17.8. The third kappa shape index (κ3) is 7.66. The molecule has 0 aliphatic rings. The molecule has 2 aromatic carbocycles. The minimum absolute atomic E-state index is 0.178. The minimum atomic E-state index is -0.523. The van der Waals surface area contributed by atoms with Crippen LogP contribution in [0.2, 0.25) is 5.02 Å². The summed E-state index contributed by atoms with van der Waals surface area (Å²) in [6.07, 6.45) is 1.97. The molecule has 3 aromatic rings. The zero-order valence-electron chi connectivity index (χ0n) is 20.6. The molecule has 0 fully saturated rings. The number of carbonyl (C=O) groups is 3. The second-order valence-corrected chi connectivity index (χ2v) is 8.41. The molecular formula is C26H29ClN6O4. The molecule has 0 aliphatic heterocycles. The predicted octanol–water partition coefficient (Wildman–Crippen LogP) is 4.42. The van der Waals surface area contributed by atoms with E-state index in [4.69, 9.17) is 22.1 Å². The molecule has 6 N–H and O–H groups in total. The van der Waals surface area contributed by atoms with E-state index in [9.17, 15) is 14.4 Å². The predicted molar refractivity (Wildman–Crippen MR) is 145 cm³/mol. The second-order valence-electron chi connectivity index (χ2n) is 7.98. The first-order valence-corrected chi connectivity index (χ1v) is 12.1. The molecule has 0 saturated heterocycles. The summed E-state index contributed by atoms with van der Waals surface area (Å²) in [7, 11) is 0. The molecule has 3 rings (SSSR count). The van der Waals surface area contributed by atoms with E-state index in [2.05, 4.69) is 26.3 Å². The summed E-state index contributed by atoms with van der Waals surface area (Å²) < 4.78 is 5.85. The molecule has 0 aliphatic carbocycles. The van der Waals surface area contributed by atoms with Gasteiger partial charge in [0.25, 0.3) is 11.8 Å². The molecule has 1 heterocycles. The highest BCUT2D eigenvalue weighted by Crippen LogP contribution is 2.31. The van der Waals surface area contributed by atoms with Crippen molar-refractivity contribution in [3.05, 3.63) is 76.4 Å². The van der Waals surface area contributed by atoms with E-state index in [1.165, 1.54) is 6.20 Å². The zero-order chi connectivity index (χ0) is 26.8. The average molecular weight is 525 g/mol. The Morgan fingerprint density at radius 2 is 1.76 bits per heavy atom. The number of anilines is 3. The molecule has 0 saturated carbocycles. The number of nitrogens with one attached hydrogen (secondary N) is 4. The van der Waals surface area contributed by atoms with Crippen LogP contribution >= 0.6 is 11.6 Å². The molecule has 194 valence electrons. The molecule has 0 bridgehead atoms. The van der Waals surface area contributed by atoms with Crippen molar-refractivity contribution in [1.82, 2.24) is 10.3 Å². The van der Waals surface area contributed by atoms with Crippen LogP contribution < -0.4 is 31.7 Å². The zero-order valence-corrected chi connectivity index (χ0v) is 21.3. The quantitative estimate of drug-likeness (QED) is 0.248. The summed E-state index contributed by atoms with van der Waals surface area (Å²) in [6, 6.07) is 12.7. The number of nitrogens with zero attached hydrogens (tertiary/aromatic N) is 1. The number of rotatable bonds is 10. The van der Waals surface area contributed by atoms with E-state index in [0.29, 0.717) is 36.0 Å². The van der Waals surface area contributed by atoms with Gasteiger partial charge in [0, 0.05) is 12.7 Å². The van der Waals surface area contributed by atoms with Gasteiger partial charge in [0.15, 0.2) is 5.75 Å². The van der Waals surface area contributed by atoms with Crippen LogP contribution in [0.1, 0.15) is 39.6 Å².